The number of nitro benzene ring substituents is 1. The van der Waals surface area contributed by atoms with E-state index in [9.17, 15) is 10.1 Å². The van der Waals surface area contributed by atoms with Gasteiger partial charge in [0.2, 0.25) is 0 Å². The van der Waals surface area contributed by atoms with Gasteiger partial charge in [-0.25, -0.2) is 0 Å². The molecule has 2 atom stereocenters. The highest BCUT2D eigenvalue weighted by Gasteiger charge is 2.22. The fraction of sp³-hybridized carbons (Fsp3) is 0.538. The zero-order valence-corrected chi connectivity index (χ0v) is 10.9. The minimum absolute atomic E-state index is 0.0717. The number of nitrogens with zero attached hydrogens (tertiary/aromatic N) is 1. The third-order valence-electron chi connectivity index (χ3n) is 3.20. The Morgan fingerprint density at radius 2 is 2.21 bits per heavy atom. The van der Waals surface area contributed by atoms with Gasteiger partial charge in [0.1, 0.15) is 12.4 Å². The van der Waals surface area contributed by atoms with Crippen LogP contribution in [0.3, 0.4) is 0 Å². The molecule has 2 unspecified atom stereocenters. The molecule has 1 aliphatic rings. The SMILES string of the molecule is CC1OCCC1NCCOc1ccc([N+](=O)[O-])cc1. The first-order valence-electron chi connectivity index (χ1n) is 6.39. The summed E-state index contributed by atoms with van der Waals surface area (Å²) in [5, 5.41) is 13.9. The van der Waals surface area contributed by atoms with E-state index in [-0.39, 0.29) is 11.8 Å². The third-order valence-corrected chi connectivity index (χ3v) is 3.20. The average Bonchev–Trinajstić information content (AvgIpc) is 2.81. The number of non-ortho nitro benzene ring substituents is 1. The summed E-state index contributed by atoms with van der Waals surface area (Å²) in [5.41, 5.74) is 0.0717. The monoisotopic (exact) mass is 266 g/mol. The molecule has 0 aromatic heterocycles. The Morgan fingerprint density at radius 3 is 2.79 bits per heavy atom. The van der Waals surface area contributed by atoms with E-state index in [1.807, 2.05) is 0 Å². The van der Waals surface area contributed by atoms with Crippen LogP contribution in [-0.4, -0.2) is 36.8 Å². The van der Waals surface area contributed by atoms with Crippen molar-refractivity contribution in [1.29, 1.82) is 0 Å². The minimum Gasteiger partial charge on any atom is -0.492 e. The molecular formula is C13H18N2O4. The minimum atomic E-state index is -0.424. The van der Waals surface area contributed by atoms with E-state index in [0.29, 0.717) is 18.4 Å². The summed E-state index contributed by atoms with van der Waals surface area (Å²) in [6.07, 6.45) is 1.28. The molecule has 1 fully saturated rings. The highest BCUT2D eigenvalue weighted by molar-refractivity contribution is 5.35. The van der Waals surface area contributed by atoms with Crippen molar-refractivity contribution >= 4 is 5.69 Å². The molecule has 1 heterocycles. The molecule has 0 aliphatic carbocycles. The molecule has 2 rings (SSSR count). The number of rotatable bonds is 6. The number of hydrogen-bond acceptors (Lipinski definition) is 5. The fourth-order valence-corrected chi connectivity index (χ4v) is 2.08. The van der Waals surface area contributed by atoms with E-state index >= 15 is 0 Å². The lowest BCUT2D eigenvalue weighted by Crippen LogP contribution is -2.37. The first-order chi connectivity index (χ1) is 9.16. The summed E-state index contributed by atoms with van der Waals surface area (Å²) in [6.45, 7) is 4.13. The summed E-state index contributed by atoms with van der Waals surface area (Å²) in [4.78, 5) is 10.1. The molecule has 0 radical (unpaired) electrons. The summed E-state index contributed by atoms with van der Waals surface area (Å²) < 4.78 is 11.0. The Hall–Kier alpha value is -1.66. The highest BCUT2D eigenvalue weighted by atomic mass is 16.6. The van der Waals surface area contributed by atoms with Crippen molar-refractivity contribution in [2.45, 2.75) is 25.5 Å². The van der Waals surface area contributed by atoms with E-state index in [1.165, 1.54) is 12.1 Å². The smallest absolute Gasteiger partial charge is 0.269 e. The van der Waals surface area contributed by atoms with Gasteiger partial charge in [0.25, 0.3) is 5.69 Å². The van der Waals surface area contributed by atoms with Crippen LogP contribution in [0, 0.1) is 10.1 Å². The number of nitrogens with one attached hydrogen (secondary N) is 1. The van der Waals surface area contributed by atoms with Gasteiger partial charge in [-0.15, -0.1) is 0 Å². The van der Waals surface area contributed by atoms with Gasteiger partial charge in [-0.2, -0.15) is 0 Å². The normalized spacial score (nSPS) is 22.4. The van der Waals surface area contributed by atoms with Crippen molar-refractivity contribution in [2.24, 2.45) is 0 Å². The second-order valence-electron chi connectivity index (χ2n) is 4.52. The van der Waals surface area contributed by atoms with Crippen LogP contribution in [0.15, 0.2) is 24.3 Å². The first-order valence-corrected chi connectivity index (χ1v) is 6.39. The molecule has 19 heavy (non-hydrogen) atoms. The molecule has 1 N–H and O–H groups in total. The maximum Gasteiger partial charge on any atom is 0.269 e. The van der Waals surface area contributed by atoms with Gasteiger partial charge in [0, 0.05) is 31.3 Å². The van der Waals surface area contributed by atoms with Crippen molar-refractivity contribution in [3.63, 3.8) is 0 Å². The third kappa shape index (κ3) is 3.90. The van der Waals surface area contributed by atoms with Gasteiger partial charge >= 0.3 is 0 Å². The lowest BCUT2D eigenvalue weighted by atomic mass is 10.1. The molecule has 6 heteroatoms. The quantitative estimate of drug-likeness (QED) is 0.482. The number of hydrogen-bond donors (Lipinski definition) is 1. The maximum atomic E-state index is 10.5. The zero-order chi connectivity index (χ0) is 13.7. The summed E-state index contributed by atoms with van der Waals surface area (Å²) >= 11 is 0. The van der Waals surface area contributed by atoms with E-state index in [4.69, 9.17) is 9.47 Å². The van der Waals surface area contributed by atoms with Crippen LogP contribution in [0.1, 0.15) is 13.3 Å². The van der Waals surface area contributed by atoms with Gasteiger partial charge in [-0.1, -0.05) is 0 Å². The van der Waals surface area contributed by atoms with E-state index in [2.05, 4.69) is 12.2 Å². The number of ether oxygens (including phenoxy) is 2. The van der Waals surface area contributed by atoms with Crippen LogP contribution in [0.25, 0.3) is 0 Å². The standard InChI is InChI=1S/C13H18N2O4/c1-10-13(6-8-18-10)14-7-9-19-12-4-2-11(3-5-12)15(16)17/h2-5,10,13-14H,6-9H2,1H3. The molecule has 0 amide bonds. The van der Waals surface area contributed by atoms with Crippen LogP contribution in [0.2, 0.25) is 0 Å². The van der Waals surface area contributed by atoms with Gasteiger partial charge in [0.05, 0.1) is 11.0 Å². The zero-order valence-electron chi connectivity index (χ0n) is 10.9. The lowest BCUT2D eigenvalue weighted by Gasteiger charge is -2.16. The van der Waals surface area contributed by atoms with Crippen LogP contribution in [-0.2, 0) is 4.74 Å². The average molecular weight is 266 g/mol. The van der Waals surface area contributed by atoms with E-state index in [1.54, 1.807) is 12.1 Å². The molecule has 1 aromatic rings. The number of benzene rings is 1. The highest BCUT2D eigenvalue weighted by Crippen LogP contribution is 2.17. The van der Waals surface area contributed by atoms with Crippen LogP contribution < -0.4 is 10.1 Å². The second kappa shape index (κ2) is 6.49. The number of nitro groups is 1. The Labute approximate surface area is 111 Å². The molecule has 0 saturated carbocycles. The topological polar surface area (TPSA) is 73.6 Å². The predicted molar refractivity (Wildman–Crippen MR) is 70.4 cm³/mol. The van der Waals surface area contributed by atoms with Crippen LogP contribution in [0.4, 0.5) is 5.69 Å². The molecule has 0 bridgehead atoms. The van der Waals surface area contributed by atoms with Gasteiger partial charge in [-0.05, 0) is 25.5 Å². The van der Waals surface area contributed by atoms with Crippen LogP contribution in [0.5, 0.6) is 5.75 Å². The van der Waals surface area contributed by atoms with Crippen molar-refractivity contribution in [3.05, 3.63) is 34.4 Å². The van der Waals surface area contributed by atoms with Crippen molar-refractivity contribution in [1.82, 2.24) is 5.32 Å². The largest absolute Gasteiger partial charge is 0.492 e. The van der Waals surface area contributed by atoms with Gasteiger partial charge in [-0.3, -0.25) is 10.1 Å². The van der Waals surface area contributed by atoms with Crippen molar-refractivity contribution < 1.29 is 14.4 Å². The summed E-state index contributed by atoms with van der Waals surface area (Å²) in [6, 6.07) is 6.49. The molecular weight excluding hydrogens is 248 g/mol. The Bertz CT molecular complexity index is 421. The van der Waals surface area contributed by atoms with Crippen molar-refractivity contribution in [2.75, 3.05) is 19.8 Å². The van der Waals surface area contributed by atoms with Gasteiger partial charge < -0.3 is 14.8 Å². The molecule has 1 aromatic carbocycles. The lowest BCUT2D eigenvalue weighted by molar-refractivity contribution is -0.384. The molecule has 1 aliphatic heterocycles. The second-order valence-corrected chi connectivity index (χ2v) is 4.52. The van der Waals surface area contributed by atoms with Gasteiger partial charge in [0.15, 0.2) is 0 Å². The Balaban J connectivity index is 1.69. The van der Waals surface area contributed by atoms with Crippen molar-refractivity contribution in [3.8, 4) is 5.75 Å². The summed E-state index contributed by atoms with van der Waals surface area (Å²) in [7, 11) is 0. The molecule has 6 nitrogen and oxygen atoms in total. The Kier molecular flexibility index (Phi) is 4.70. The van der Waals surface area contributed by atoms with E-state index in [0.717, 1.165) is 19.6 Å². The predicted octanol–water partition coefficient (Wildman–Crippen LogP) is 1.74. The molecule has 104 valence electrons. The van der Waals surface area contributed by atoms with Crippen LogP contribution >= 0.6 is 0 Å². The first kappa shape index (κ1) is 13.8. The summed E-state index contributed by atoms with van der Waals surface area (Å²) in [5.74, 6) is 0.642. The fourth-order valence-electron chi connectivity index (χ4n) is 2.08. The maximum absolute atomic E-state index is 10.5. The van der Waals surface area contributed by atoms with E-state index < -0.39 is 4.92 Å². The molecule has 1 saturated heterocycles. The molecule has 0 spiro atoms. The Morgan fingerprint density at radius 1 is 1.47 bits per heavy atom.